The molecular weight excluding hydrogens is 332 g/mol. The van der Waals surface area contributed by atoms with Crippen molar-refractivity contribution < 1.29 is 24.1 Å². The van der Waals surface area contributed by atoms with Crippen molar-refractivity contribution in [1.82, 2.24) is 0 Å². The van der Waals surface area contributed by atoms with Gasteiger partial charge in [0.2, 0.25) is 0 Å². The standard InChI is InChI=1S/C21H24O5/c1-4-24-19-14-17(9-11-20(22)23)8-10-18(19)25-12-13-26-21-15(2)6-5-7-16(21)3/h5-11,14H,4,12-13H2,1-3H3,(H,22,23)/b11-9+. The third-order valence-electron chi connectivity index (χ3n) is 3.68. The molecule has 0 unspecified atom stereocenters. The molecule has 0 bridgehead atoms. The van der Waals surface area contributed by atoms with E-state index in [1.54, 1.807) is 18.2 Å². The van der Waals surface area contributed by atoms with Gasteiger partial charge in [0.05, 0.1) is 6.61 Å². The lowest BCUT2D eigenvalue weighted by molar-refractivity contribution is -0.131. The molecule has 0 amide bonds. The molecule has 0 fully saturated rings. The molecule has 1 N–H and O–H groups in total. The number of hydrogen-bond donors (Lipinski definition) is 1. The molecule has 0 saturated carbocycles. The molecule has 2 aromatic carbocycles. The summed E-state index contributed by atoms with van der Waals surface area (Å²) < 4.78 is 17.2. The summed E-state index contributed by atoms with van der Waals surface area (Å²) in [6.45, 7) is 7.19. The van der Waals surface area contributed by atoms with Crippen LogP contribution in [-0.4, -0.2) is 30.9 Å². The molecule has 2 rings (SSSR count). The number of carboxylic acid groups (broad SMARTS) is 1. The van der Waals surface area contributed by atoms with E-state index < -0.39 is 5.97 Å². The molecule has 0 aliphatic rings. The molecule has 0 spiro atoms. The van der Waals surface area contributed by atoms with E-state index in [1.165, 1.54) is 6.08 Å². The van der Waals surface area contributed by atoms with Gasteiger partial charge in [-0.05, 0) is 55.7 Å². The Hall–Kier alpha value is -2.95. The van der Waals surface area contributed by atoms with Gasteiger partial charge in [0, 0.05) is 6.08 Å². The summed E-state index contributed by atoms with van der Waals surface area (Å²) in [5, 5.41) is 8.72. The third-order valence-corrected chi connectivity index (χ3v) is 3.68. The molecule has 0 radical (unpaired) electrons. The van der Waals surface area contributed by atoms with Crippen LogP contribution in [0.3, 0.4) is 0 Å². The Balaban J connectivity index is 1.98. The summed E-state index contributed by atoms with van der Waals surface area (Å²) in [7, 11) is 0. The Morgan fingerprint density at radius 3 is 2.35 bits per heavy atom. The lowest BCUT2D eigenvalue weighted by Crippen LogP contribution is -2.11. The normalized spacial score (nSPS) is 10.7. The highest BCUT2D eigenvalue weighted by Gasteiger charge is 2.07. The van der Waals surface area contributed by atoms with Gasteiger partial charge in [-0.15, -0.1) is 0 Å². The minimum atomic E-state index is -0.994. The molecule has 5 nitrogen and oxygen atoms in total. The van der Waals surface area contributed by atoms with Gasteiger partial charge in [-0.25, -0.2) is 4.79 Å². The van der Waals surface area contributed by atoms with E-state index in [2.05, 4.69) is 0 Å². The summed E-state index contributed by atoms with van der Waals surface area (Å²) in [5.41, 5.74) is 2.92. The van der Waals surface area contributed by atoms with Crippen LogP contribution in [0.15, 0.2) is 42.5 Å². The molecule has 0 aromatic heterocycles. The van der Waals surface area contributed by atoms with Crippen molar-refractivity contribution in [2.45, 2.75) is 20.8 Å². The minimum Gasteiger partial charge on any atom is -0.490 e. The van der Waals surface area contributed by atoms with Crippen LogP contribution in [0, 0.1) is 13.8 Å². The molecule has 2 aromatic rings. The molecule has 0 aliphatic heterocycles. The first-order valence-electron chi connectivity index (χ1n) is 8.51. The Kier molecular flexibility index (Phi) is 7.09. The predicted molar refractivity (Wildman–Crippen MR) is 101 cm³/mol. The number of carbonyl (C=O) groups is 1. The molecule has 5 heteroatoms. The van der Waals surface area contributed by atoms with Crippen LogP contribution in [-0.2, 0) is 4.79 Å². The van der Waals surface area contributed by atoms with Crippen LogP contribution in [0.4, 0.5) is 0 Å². The molecule has 0 atom stereocenters. The lowest BCUT2D eigenvalue weighted by Gasteiger charge is -2.14. The molecule has 0 heterocycles. The van der Waals surface area contributed by atoms with Crippen molar-refractivity contribution >= 4 is 12.0 Å². The van der Waals surface area contributed by atoms with Crippen molar-refractivity contribution in [3.63, 3.8) is 0 Å². The smallest absolute Gasteiger partial charge is 0.328 e. The number of ether oxygens (including phenoxy) is 3. The van der Waals surface area contributed by atoms with E-state index in [-0.39, 0.29) is 0 Å². The molecule has 0 aliphatic carbocycles. The maximum absolute atomic E-state index is 10.6. The zero-order valence-corrected chi connectivity index (χ0v) is 15.3. The highest BCUT2D eigenvalue weighted by atomic mass is 16.5. The number of aliphatic carboxylic acids is 1. The van der Waals surface area contributed by atoms with Crippen LogP contribution in [0.25, 0.3) is 6.08 Å². The Bertz CT molecular complexity index is 760. The number of benzene rings is 2. The first-order valence-corrected chi connectivity index (χ1v) is 8.51. The Morgan fingerprint density at radius 1 is 1.00 bits per heavy atom. The van der Waals surface area contributed by atoms with Crippen molar-refractivity contribution in [1.29, 1.82) is 0 Å². The fourth-order valence-electron chi connectivity index (χ4n) is 2.51. The van der Waals surface area contributed by atoms with Crippen LogP contribution < -0.4 is 14.2 Å². The molecule has 26 heavy (non-hydrogen) atoms. The second-order valence-corrected chi connectivity index (χ2v) is 5.73. The van der Waals surface area contributed by atoms with Crippen LogP contribution >= 0.6 is 0 Å². The van der Waals surface area contributed by atoms with E-state index in [0.29, 0.717) is 31.3 Å². The highest BCUT2D eigenvalue weighted by Crippen LogP contribution is 2.29. The fraction of sp³-hybridized carbons (Fsp3) is 0.286. The lowest BCUT2D eigenvalue weighted by atomic mass is 10.1. The third kappa shape index (κ3) is 5.55. The van der Waals surface area contributed by atoms with Gasteiger partial charge in [-0.1, -0.05) is 24.3 Å². The molecule has 138 valence electrons. The van der Waals surface area contributed by atoms with Gasteiger partial charge in [0.25, 0.3) is 0 Å². The Morgan fingerprint density at radius 2 is 1.69 bits per heavy atom. The van der Waals surface area contributed by atoms with E-state index in [0.717, 1.165) is 28.5 Å². The largest absolute Gasteiger partial charge is 0.490 e. The van der Waals surface area contributed by atoms with E-state index >= 15 is 0 Å². The summed E-state index contributed by atoms with van der Waals surface area (Å²) in [6, 6.07) is 11.3. The van der Waals surface area contributed by atoms with Gasteiger partial charge in [-0.3, -0.25) is 0 Å². The minimum absolute atomic E-state index is 0.373. The monoisotopic (exact) mass is 356 g/mol. The average molecular weight is 356 g/mol. The van der Waals surface area contributed by atoms with Gasteiger partial charge < -0.3 is 19.3 Å². The van der Waals surface area contributed by atoms with E-state index in [9.17, 15) is 4.79 Å². The first kappa shape index (κ1) is 19.4. The van der Waals surface area contributed by atoms with Gasteiger partial charge in [0.15, 0.2) is 11.5 Å². The number of hydrogen-bond acceptors (Lipinski definition) is 4. The van der Waals surface area contributed by atoms with Crippen molar-refractivity contribution in [3.05, 3.63) is 59.2 Å². The van der Waals surface area contributed by atoms with Crippen molar-refractivity contribution in [2.75, 3.05) is 19.8 Å². The first-order chi connectivity index (χ1) is 12.5. The fourth-order valence-corrected chi connectivity index (χ4v) is 2.51. The average Bonchev–Trinajstić information content (AvgIpc) is 2.60. The van der Waals surface area contributed by atoms with Crippen LogP contribution in [0.1, 0.15) is 23.6 Å². The van der Waals surface area contributed by atoms with Crippen molar-refractivity contribution in [2.24, 2.45) is 0 Å². The highest BCUT2D eigenvalue weighted by molar-refractivity contribution is 5.85. The molecule has 0 saturated heterocycles. The molecular formula is C21H24O5. The van der Waals surface area contributed by atoms with Crippen LogP contribution in [0.5, 0.6) is 17.2 Å². The van der Waals surface area contributed by atoms with Gasteiger partial charge in [-0.2, -0.15) is 0 Å². The van der Waals surface area contributed by atoms with Gasteiger partial charge >= 0.3 is 5.97 Å². The second kappa shape index (κ2) is 9.51. The summed E-state index contributed by atoms with van der Waals surface area (Å²) in [6.07, 6.45) is 2.60. The van der Waals surface area contributed by atoms with E-state index in [1.807, 2.05) is 39.0 Å². The van der Waals surface area contributed by atoms with E-state index in [4.69, 9.17) is 19.3 Å². The number of aryl methyl sites for hydroxylation is 2. The maximum atomic E-state index is 10.6. The summed E-state index contributed by atoms with van der Waals surface area (Å²) in [5.74, 6) is 1.07. The summed E-state index contributed by atoms with van der Waals surface area (Å²) >= 11 is 0. The van der Waals surface area contributed by atoms with Crippen LogP contribution in [0.2, 0.25) is 0 Å². The SMILES string of the molecule is CCOc1cc(/C=C/C(=O)O)ccc1OCCOc1c(C)cccc1C. The number of rotatable bonds is 9. The maximum Gasteiger partial charge on any atom is 0.328 e. The number of carboxylic acids is 1. The van der Waals surface area contributed by atoms with Gasteiger partial charge in [0.1, 0.15) is 19.0 Å². The second-order valence-electron chi connectivity index (χ2n) is 5.73. The number of para-hydroxylation sites is 1. The Labute approximate surface area is 153 Å². The zero-order chi connectivity index (χ0) is 18.9. The topological polar surface area (TPSA) is 65.0 Å². The van der Waals surface area contributed by atoms with Crippen molar-refractivity contribution in [3.8, 4) is 17.2 Å². The predicted octanol–water partition coefficient (Wildman–Crippen LogP) is 4.26. The zero-order valence-electron chi connectivity index (χ0n) is 15.3. The quantitative estimate of drug-likeness (QED) is 0.537. The summed E-state index contributed by atoms with van der Waals surface area (Å²) in [4.78, 5) is 10.6.